The van der Waals surface area contributed by atoms with Crippen molar-refractivity contribution in [2.24, 2.45) is 0 Å². The first kappa shape index (κ1) is 15.3. The number of aliphatic hydroxyl groups excluding tert-OH is 1. The summed E-state index contributed by atoms with van der Waals surface area (Å²) in [5.74, 6) is 0.899. The van der Waals surface area contributed by atoms with Crippen molar-refractivity contribution in [1.29, 1.82) is 0 Å². The van der Waals surface area contributed by atoms with Crippen molar-refractivity contribution in [2.45, 2.75) is 25.8 Å². The van der Waals surface area contributed by atoms with E-state index in [0.717, 1.165) is 56.9 Å². The van der Waals surface area contributed by atoms with Crippen molar-refractivity contribution in [1.82, 2.24) is 10.2 Å². The highest BCUT2D eigenvalue weighted by molar-refractivity contribution is 5.30. The summed E-state index contributed by atoms with van der Waals surface area (Å²) in [5, 5.41) is 13.2. The summed E-state index contributed by atoms with van der Waals surface area (Å²) < 4.78 is 5.69. The molecule has 1 aliphatic heterocycles. The Bertz CT molecular complexity index is 390. The summed E-state index contributed by atoms with van der Waals surface area (Å²) in [5.41, 5.74) is 1.14. The predicted molar refractivity (Wildman–Crippen MR) is 81.1 cm³/mol. The van der Waals surface area contributed by atoms with Crippen LogP contribution in [0.5, 0.6) is 5.75 Å². The maximum Gasteiger partial charge on any atom is 0.119 e. The van der Waals surface area contributed by atoms with Gasteiger partial charge in [0.2, 0.25) is 0 Å². The first-order chi connectivity index (χ1) is 9.85. The molecule has 0 aromatic heterocycles. The van der Waals surface area contributed by atoms with Crippen LogP contribution in [-0.2, 0) is 0 Å². The van der Waals surface area contributed by atoms with Crippen LogP contribution in [0.15, 0.2) is 24.3 Å². The fraction of sp³-hybridized carbons (Fsp3) is 0.625. The van der Waals surface area contributed by atoms with E-state index in [2.05, 4.69) is 29.3 Å². The van der Waals surface area contributed by atoms with Gasteiger partial charge < -0.3 is 15.2 Å². The Morgan fingerprint density at radius 3 is 3.05 bits per heavy atom. The number of hydrogen-bond donors (Lipinski definition) is 2. The normalized spacial score (nSPS) is 18.5. The fourth-order valence-electron chi connectivity index (χ4n) is 2.64. The lowest BCUT2D eigenvalue weighted by atomic mass is 10.1. The van der Waals surface area contributed by atoms with Gasteiger partial charge in [-0.3, -0.25) is 4.90 Å². The Kier molecular flexibility index (Phi) is 6.30. The van der Waals surface area contributed by atoms with Crippen LogP contribution in [-0.4, -0.2) is 49.4 Å². The lowest BCUT2D eigenvalue weighted by molar-refractivity contribution is 0.129. The van der Waals surface area contributed by atoms with Crippen LogP contribution in [0.3, 0.4) is 0 Å². The third-order valence-electron chi connectivity index (χ3n) is 3.70. The third kappa shape index (κ3) is 4.20. The number of nitrogens with zero attached hydrogens (tertiary/aromatic N) is 1. The summed E-state index contributed by atoms with van der Waals surface area (Å²) in [6.07, 6.45) is 2.13. The van der Waals surface area contributed by atoms with Crippen molar-refractivity contribution in [3.63, 3.8) is 0 Å². The minimum atomic E-state index is 0.0695. The molecule has 20 heavy (non-hydrogen) atoms. The lowest BCUT2D eigenvalue weighted by Crippen LogP contribution is -2.34. The summed E-state index contributed by atoms with van der Waals surface area (Å²) >= 11 is 0. The monoisotopic (exact) mass is 278 g/mol. The third-order valence-corrected chi connectivity index (χ3v) is 3.70. The van der Waals surface area contributed by atoms with Crippen LogP contribution in [0.4, 0.5) is 0 Å². The molecule has 0 aliphatic carbocycles. The first-order valence-corrected chi connectivity index (χ1v) is 7.63. The van der Waals surface area contributed by atoms with Gasteiger partial charge in [-0.15, -0.1) is 0 Å². The van der Waals surface area contributed by atoms with Gasteiger partial charge in [-0.1, -0.05) is 19.1 Å². The highest BCUT2D eigenvalue weighted by Crippen LogP contribution is 2.24. The van der Waals surface area contributed by atoms with Gasteiger partial charge in [0.1, 0.15) is 5.75 Å². The summed E-state index contributed by atoms with van der Waals surface area (Å²) in [4.78, 5) is 2.36. The molecule has 0 bridgehead atoms. The smallest absolute Gasteiger partial charge is 0.119 e. The van der Waals surface area contributed by atoms with E-state index < -0.39 is 0 Å². The SMILES string of the molecule is CCCOc1cccc(C(CO)N2CCCNCC2)c1. The number of benzene rings is 1. The zero-order valence-corrected chi connectivity index (χ0v) is 12.3. The second-order valence-electron chi connectivity index (χ2n) is 5.26. The van der Waals surface area contributed by atoms with Crippen LogP contribution in [0.25, 0.3) is 0 Å². The Morgan fingerprint density at radius 2 is 2.25 bits per heavy atom. The average molecular weight is 278 g/mol. The summed E-state index contributed by atoms with van der Waals surface area (Å²) in [6, 6.07) is 8.21. The Hall–Kier alpha value is -1.10. The second-order valence-corrected chi connectivity index (χ2v) is 5.26. The highest BCUT2D eigenvalue weighted by atomic mass is 16.5. The van der Waals surface area contributed by atoms with E-state index in [1.165, 1.54) is 0 Å². The maximum atomic E-state index is 9.79. The van der Waals surface area contributed by atoms with E-state index in [1.807, 2.05) is 12.1 Å². The number of nitrogens with one attached hydrogen (secondary N) is 1. The van der Waals surface area contributed by atoms with Crippen molar-refractivity contribution in [2.75, 3.05) is 39.4 Å². The van der Waals surface area contributed by atoms with E-state index in [9.17, 15) is 5.11 Å². The Labute approximate surface area is 121 Å². The molecule has 1 fully saturated rings. The van der Waals surface area contributed by atoms with Gasteiger partial charge in [0.25, 0.3) is 0 Å². The number of aliphatic hydroxyl groups is 1. The summed E-state index contributed by atoms with van der Waals surface area (Å²) in [7, 11) is 0. The average Bonchev–Trinajstić information content (AvgIpc) is 2.76. The fourth-order valence-corrected chi connectivity index (χ4v) is 2.64. The Balaban J connectivity index is 2.09. The molecule has 4 nitrogen and oxygen atoms in total. The van der Waals surface area contributed by atoms with Gasteiger partial charge >= 0.3 is 0 Å². The second kappa shape index (κ2) is 8.25. The standard InChI is InChI=1S/C16H26N2O2/c1-2-11-20-15-6-3-5-14(12-15)16(13-19)18-9-4-7-17-8-10-18/h3,5-6,12,16-17,19H,2,4,7-11,13H2,1H3. The molecule has 1 unspecified atom stereocenters. The minimum absolute atomic E-state index is 0.0695. The molecule has 0 radical (unpaired) electrons. The molecule has 1 aromatic rings. The van der Waals surface area contributed by atoms with Crippen LogP contribution in [0.2, 0.25) is 0 Å². The molecular weight excluding hydrogens is 252 g/mol. The van der Waals surface area contributed by atoms with Crippen molar-refractivity contribution < 1.29 is 9.84 Å². The van der Waals surface area contributed by atoms with Crippen LogP contribution >= 0.6 is 0 Å². The van der Waals surface area contributed by atoms with E-state index in [-0.39, 0.29) is 12.6 Å². The largest absolute Gasteiger partial charge is 0.494 e. The number of hydrogen-bond acceptors (Lipinski definition) is 4. The van der Waals surface area contributed by atoms with Gasteiger partial charge in [0.15, 0.2) is 0 Å². The molecule has 2 N–H and O–H groups in total. The first-order valence-electron chi connectivity index (χ1n) is 7.63. The number of rotatable bonds is 6. The minimum Gasteiger partial charge on any atom is -0.494 e. The van der Waals surface area contributed by atoms with Crippen molar-refractivity contribution >= 4 is 0 Å². The predicted octanol–water partition coefficient (Wildman–Crippen LogP) is 1.80. The Morgan fingerprint density at radius 1 is 1.35 bits per heavy atom. The van der Waals surface area contributed by atoms with Gasteiger partial charge in [0.05, 0.1) is 19.3 Å². The van der Waals surface area contributed by atoms with Gasteiger partial charge in [-0.05, 0) is 37.1 Å². The van der Waals surface area contributed by atoms with Gasteiger partial charge in [-0.25, -0.2) is 0 Å². The highest BCUT2D eigenvalue weighted by Gasteiger charge is 2.20. The molecule has 0 amide bonds. The van der Waals surface area contributed by atoms with Crippen LogP contribution in [0.1, 0.15) is 31.4 Å². The molecular formula is C16H26N2O2. The molecule has 112 valence electrons. The van der Waals surface area contributed by atoms with E-state index in [1.54, 1.807) is 0 Å². The summed E-state index contributed by atoms with van der Waals surface area (Å²) in [6.45, 7) is 7.04. The van der Waals surface area contributed by atoms with E-state index in [0.29, 0.717) is 0 Å². The molecule has 2 rings (SSSR count). The molecule has 0 saturated carbocycles. The molecule has 0 spiro atoms. The van der Waals surface area contributed by atoms with Crippen molar-refractivity contribution in [3.8, 4) is 5.75 Å². The molecule has 1 aliphatic rings. The molecule has 4 heteroatoms. The lowest BCUT2D eigenvalue weighted by Gasteiger charge is -2.29. The number of ether oxygens (including phenoxy) is 1. The van der Waals surface area contributed by atoms with E-state index in [4.69, 9.17) is 4.74 Å². The maximum absolute atomic E-state index is 9.79. The quantitative estimate of drug-likeness (QED) is 0.833. The topological polar surface area (TPSA) is 44.7 Å². The van der Waals surface area contributed by atoms with Crippen LogP contribution < -0.4 is 10.1 Å². The molecule has 1 heterocycles. The molecule has 1 saturated heterocycles. The van der Waals surface area contributed by atoms with Crippen LogP contribution in [0, 0.1) is 0 Å². The molecule has 1 aromatic carbocycles. The molecule has 1 atom stereocenters. The van der Waals surface area contributed by atoms with Gasteiger partial charge in [0, 0.05) is 19.6 Å². The van der Waals surface area contributed by atoms with Crippen molar-refractivity contribution in [3.05, 3.63) is 29.8 Å². The zero-order valence-electron chi connectivity index (χ0n) is 12.3. The zero-order chi connectivity index (χ0) is 14.2. The van der Waals surface area contributed by atoms with Gasteiger partial charge in [-0.2, -0.15) is 0 Å². The van der Waals surface area contributed by atoms with E-state index >= 15 is 0 Å².